The summed E-state index contributed by atoms with van der Waals surface area (Å²) < 4.78 is 0.949. The summed E-state index contributed by atoms with van der Waals surface area (Å²) in [6, 6.07) is 13.7. The van der Waals surface area contributed by atoms with Crippen molar-refractivity contribution in [2.75, 3.05) is 5.43 Å². The number of hydrogen-bond donors (Lipinski definition) is 1. The van der Waals surface area contributed by atoms with E-state index in [1.807, 2.05) is 56.3 Å². The van der Waals surface area contributed by atoms with Crippen LogP contribution >= 0.6 is 15.9 Å². The molecule has 3 nitrogen and oxygen atoms in total. The molecule has 0 spiro atoms. The first kappa shape index (κ1) is 14.4. The number of hydrazone groups is 1. The highest BCUT2D eigenvalue weighted by Gasteiger charge is 1.90. The molecule has 0 unspecified atom stereocenters. The van der Waals surface area contributed by atoms with E-state index in [0.29, 0.717) is 0 Å². The molecule has 2 rings (SSSR count). The lowest BCUT2D eigenvalue weighted by molar-refractivity contribution is 1.22. The molecule has 0 aliphatic rings. The number of benzene rings is 1. The number of anilines is 1. The molecule has 0 saturated heterocycles. The quantitative estimate of drug-likeness (QED) is 0.677. The number of nitrogens with one attached hydrogen (secondary N) is 1. The van der Waals surface area contributed by atoms with Crippen LogP contribution in [0.4, 0.5) is 5.82 Å². The Hall–Kier alpha value is -1.68. The third kappa shape index (κ3) is 5.10. The Labute approximate surface area is 116 Å². The lowest BCUT2D eigenvalue weighted by Gasteiger charge is -1.98. The van der Waals surface area contributed by atoms with Crippen LogP contribution in [0, 0.1) is 0 Å². The van der Waals surface area contributed by atoms with Crippen molar-refractivity contribution in [2.45, 2.75) is 13.8 Å². The van der Waals surface area contributed by atoms with E-state index in [0.717, 1.165) is 15.9 Å². The number of nitrogens with zero attached hydrogens (tertiary/aromatic N) is 2. The zero-order chi connectivity index (χ0) is 13.2. The highest BCUT2D eigenvalue weighted by molar-refractivity contribution is 9.10. The summed E-state index contributed by atoms with van der Waals surface area (Å²) in [6.07, 6.45) is 3.48. The largest absolute Gasteiger partial charge is 0.261 e. The highest BCUT2D eigenvalue weighted by atomic mass is 79.9. The maximum Gasteiger partial charge on any atom is 0.146 e. The maximum absolute atomic E-state index is 4.14. The average Bonchev–Trinajstić information content (AvgIpc) is 2.44. The third-order valence-corrected chi connectivity index (χ3v) is 2.39. The fourth-order valence-corrected chi connectivity index (χ4v) is 1.39. The number of rotatable bonds is 3. The Kier molecular flexibility index (Phi) is 6.72. The molecule has 1 aromatic carbocycles. The summed E-state index contributed by atoms with van der Waals surface area (Å²) in [5.41, 5.74) is 3.91. The van der Waals surface area contributed by atoms with Crippen molar-refractivity contribution < 1.29 is 0 Å². The van der Waals surface area contributed by atoms with Gasteiger partial charge in [-0.2, -0.15) is 5.10 Å². The zero-order valence-corrected chi connectivity index (χ0v) is 12.1. The molecule has 18 heavy (non-hydrogen) atoms. The maximum atomic E-state index is 4.14. The topological polar surface area (TPSA) is 37.3 Å². The van der Waals surface area contributed by atoms with E-state index in [4.69, 9.17) is 0 Å². The van der Waals surface area contributed by atoms with Gasteiger partial charge in [0.15, 0.2) is 0 Å². The Morgan fingerprint density at radius 2 is 1.83 bits per heavy atom. The van der Waals surface area contributed by atoms with Crippen molar-refractivity contribution in [3.05, 3.63) is 58.7 Å². The van der Waals surface area contributed by atoms with Crippen LogP contribution < -0.4 is 5.43 Å². The smallest absolute Gasteiger partial charge is 0.146 e. The van der Waals surface area contributed by atoms with Crippen LogP contribution in [0.5, 0.6) is 0 Å². The molecular weight excluding hydrogens is 290 g/mol. The Morgan fingerprint density at radius 3 is 2.44 bits per heavy atom. The second kappa shape index (κ2) is 8.42. The monoisotopic (exact) mass is 305 g/mol. The Morgan fingerprint density at radius 1 is 1.11 bits per heavy atom. The standard InChI is InChI=1S/C12H10BrN3.C2H6/c13-11-6-7-12(14-9-11)16-15-8-10-4-2-1-3-5-10;1-2/h1-9H,(H,14,16);1-2H3/b15-8+;. The average molecular weight is 306 g/mol. The van der Waals surface area contributed by atoms with Gasteiger partial charge in [0.1, 0.15) is 5.82 Å². The zero-order valence-electron chi connectivity index (χ0n) is 10.5. The molecule has 1 N–H and O–H groups in total. The van der Waals surface area contributed by atoms with Gasteiger partial charge in [-0.3, -0.25) is 5.43 Å². The minimum Gasteiger partial charge on any atom is -0.261 e. The summed E-state index contributed by atoms with van der Waals surface area (Å²) in [5.74, 6) is 0.718. The van der Waals surface area contributed by atoms with Crippen LogP contribution in [0.15, 0.2) is 58.2 Å². The van der Waals surface area contributed by atoms with Gasteiger partial charge in [0.2, 0.25) is 0 Å². The van der Waals surface area contributed by atoms with Crippen molar-refractivity contribution in [2.24, 2.45) is 5.10 Å². The van der Waals surface area contributed by atoms with Crippen molar-refractivity contribution in [1.82, 2.24) is 4.98 Å². The van der Waals surface area contributed by atoms with Gasteiger partial charge in [-0.1, -0.05) is 44.2 Å². The fourth-order valence-electron chi connectivity index (χ4n) is 1.15. The van der Waals surface area contributed by atoms with Crippen LogP contribution in [-0.2, 0) is 0 Å². The van der Waals surface area contributed by atoms with Gasteiger partial charge in [-0.25, -0.2) is 4.98 Å². The summed E-state index contributed by atoms with van der Waals surface area (Å²) in [6.45, 7) is 4.00. The first-order valence-corrected chi connectivity index (χ1v) is 6.59. The summed E-state index contributed by atoms with van der Waals surface area (Å²) in [4.78, 5) is 4.14. The molecule has 0 aliphatic carbocycles. The molecular formula is C14H16BrN3. The van der Waals surface area contributed by atoms with Crippen LogP contribution in [-0.4, -0.2) is 11.2 Å². The highest BCUT2D eigenvalue weighted by Crippen LogP contribution is 2.10. The fraction of sp³-hybridized carbons (Fsp3) is 0.143. The lowest BCUT2D eigenvalue weighted by Crippen LogP contribution is -1.92. The van der Waals surface area contributed by atoms with Crippen molar-refractivity contribution >= 4 is 28.0 Å². The first-order valence-electron chi connectivity index (χ1n) is 5.80. The van der Waals surface area contributed by atoms with E-state index in [1.54, 1.807) is 12.4 Å². The SMILES string of the molecule is Brc1ccc(N/N=C/c2ccccc2)nc1.CC. The number of pyridine rings is 1. The number of aromatic nitrogens is 1. The lowest BCUT2D eigenvalue weighted by atomic mass is 10.2. The third-order valence-electron chi connectivity index (χ3n) is 1.92. The summed E-state index contributed by atoms with van der Waals surface area (Å²) >= 11 is 3.32. The molecule has 0 radical (unpaired) electrons. The molecule has 1 heterocycles. The van der Waals surface area contributed by atoms with E-state index in [9.17, 15) is 0 Å². The molecule has 2 aromatic rings. The molecule has 0 fully saturated rings. The Balaban J connectivity index is 0.000000771. The Bertz CT molecular complexity index is 466. The molecule has 0 atom stereocenters. The molecule has 0 bridgehead atoms. The van der Waals surface area contributed by atoms with Gasteiger partial charge in [0.05, 0.1) is 6.21 Å². The van der Waals surface area contributed by atoms with Gasteiger partial charge in [0.25, 0.3) is 0 Å². The first-order chi connectivity index (χ1) is 8.84. The molecule has 0 aliphatic heterocycles. The van der Waals surface area contributed by atoms with E-state index >= 15 is 0 Å². The van der Waals surface area contributed by atoms with Crippen molar-refractivity contribution in [3.8, 4) is 0 Å². The van der Waals surface area contributed by atoms with Crippen molar-refractivity contribution in [3.63, 3.8) is 0 Å². The van der Waals surface area contributed by atoms with Crippen molar-refractivity contribution in [1.29, 1.82) is 0 Å². The van der Waals surface area contributed by atoms with E-state index in [2.05, 4.69) is 31.4 Å². The van der Waals surface area contributed by atoms with Crippen LogP contribution in [0.3, 0.4) is 0 Å². The molecule has 0 saturated carbocycles. The summed E-state index contributed by atoms with van der Waals surface area (Å²) in [5, 5.41) is 4.09. The van der Waals surface area contributed by atoms with Gasteiger partial charge in [-0.15, -0.1) is 0 Å². The van der Waals surface area contributed by atoms with Gasteiger partial charge < -0.3 is 0 Å². The van der Waals surface area contributed by atoms with E-state index in [-0.39, 0.29) is 0 Å². The number of halogens is 1. The molecule has 0 amide bonds. The predicted octanol–water partition coefficient (Wildman–Crippen LogP) is 4.32. The minimum absolute atomic E-state index is 0.718. The summed E-state index contributed by atoms with van der Waals surface area (Å²) in [7, 11) is 0. The second-order valence-corrected chi connectivity index (χ2v) is 4.06. The molecule has 94 valence electrons. The predicted molar refractivity (Wildman–Crippen MR) is 80.9 cm³/mol. The van der Waals surface area contributed by atoms with Crippen LogP contribution in [0.2, 0.25) is 0 Å². The number of hydrogen-bond acceptors (Lipinski definition) is 3. The van der Waals surface area contributed by atoms with E-state index in [1.165, 1.54) is 0 Å². The van der Waals surface area contributed by atoms with Crippen LogP contribution in [0.1, 0.15) is 19.4 Å². The van der Waals surface area contributed by atoms with Crippen LogP contribution in [0.25, 0.3) is 0 Å². The van der Waals surface area contributed by atoms with Gasteiger partial charge in [-0.05, 0) is 33.6 Å². The van der Waals surface area contributed by atoms with Gasteiger partial charge in [0, 0.05) is 10.7 Å². The molecule has 4 heteroatoms. The normalized spacial score (nSPS) is 9.72. The molecule has 1 aromatic heterocycles. The minimum atomic E-state index is 0.718. The second-order valence-electron chi connectivity index (χ2n) is 3.14. The van der Waals surface area contributed by atoms with E-state index < -0.39 is 0 Å². The van der Waals surface area contributed by atoms with Gasteiger partial charge >= 0.3 is 0 Å².